The molecule has 0 amide bonds. The van der Waals surface area contributed by atoms with Crippen molar-refractivity contribution in [1.29, 1.82) is 0 Å². The van der Waals surface area contributed by atoms with Gasteiger partial charge in [-0.05, 0) is 31.2 Å². The zero-order valence-corrected chi connectivity index (χ0v) is 13.2. The Labute approximate surface area is 125 Å². The smallest absolute Gasteiger partial charge is 0.263 e. The molecule has 1 aromatic heterocycles. The minimum Gasteiger partial charge on any atom is -0.310 e. The second-order valence-corrected chi connectivity index (χ2v) is 6.48. The summed E-state index contributed by atoms with van der Waals surface area (Å²) in [6, 6.07) is 8.65. The first-order valence-electron chi connectivity index (χ1n) is 6.78. The topological polar surface area (TPSA) is 76.0 Å². The van der Waals surface area contributed by atoms with Crippen molar-refractivity contribution in [2.75, 3.05) is 11.3 Å². The number of aryl methyl sites for hydroxylation is 1. The van der Waals surface area contributed by atoms with Crippen molar-refractivity contribution in [1.82, 2.24) is 15.1 Å². The maximum absolute atomic E-state index is 12.4. The minimum absolute atomic E-state index is 0.0989. The monoisotopic (exact) mass is 308 g/mol. The lowest BCUT2D eigenvalue weighted by molar-refractivity contribution is 0.592. The van der Waals surface area contributed by atoms with Crippen LogP contribution in [0.2, 0.25) is 0 Å². The summed E-state index contributed by atoms with van der Waals surface area (Å²) in [5.41, 5.74) is 0.935. The van der Waals surface area contributed by atoms with Crippen LogP contribution in [-0.4, -0.2) is 24.7 Å². The Morgan fingerprint density at radius 2 is 2.10 bits per heavy atom. The molecule has 2 aromatic rings. The number of anilines is 1. The summed E-state index contributed by atoms with van der Waals surface area (Å²) in [7, 11) is -1.93. The van der Waals surface area contributed by atoms with E-state index in [0.29, 0.717) is 5.82 Å². The lowest BCUT2D eigenvalue weighted by atomic mass is 10.1. The number of rotatable bonds is 6. The van der Waals surface area contributed by atoms with Gasteiger partial charge in [-0.15, -0.1) is 0 Å². The Bertz CT molecular complexity index is 709. The van der Waals surface area contributed by atoms with Gasteiger partial charge in [-0.25, -0.2) is 8.42 Å². The maximum atomic E-state index is 12.4. The highest BCUT2D eigenvalue weighted by molar-refractivity contribution is 7.92. The Balaban J connectivity index is 2.28. The summed E-state index contributed by atoms with van der Waals surface area (Å²) in [6.07, 6.45) is 1.54. The van der Waals surface area contributed by atoms with Crippen LogP contribution in [0.4, 0.5) is 5.82 Å². The van der Waals surface area contributed by atoms with Crippen molar-refractivity contribution in [2.45, 2.75) is 24.8 Å². The molecule has 0 fully saturated rings. The first-order valence-corrected chi connectivity index (χ1v) is 8.26. The zero-order valence-electron chi connectivity index (χ0n) is 12.4. The summed E-state index contributed by atoms with van der Waals surface area (Å²) in [5, 5.41) is 7.21. The molecule has 0 aliphatic heterocycles. The molecule has 0 bridgehead atoms. The summed E-state index contributed by atoms with van der Waals surface area (Å²) in [5.74, 6) is 0.431. The second kappa shape index (κ2) is 6.28. The van der Waals surface area contributed by atoms with Crippen LogP contribution in [0, 0.1) is 0 Å². The van der Waals surface area contributed by atoms with E-state index in [-0.39, 0.29) is 10.9 Å². The van der Waals surface area contributed by atoms with Gasteiger partial charge < -0.3 is 5.32 Å². The number of hydrogen-bond acceptors (Lipinski definition) is 4. The van der Waals surface area contributed by atoms with Crippen LogP contribution in [0.1, 0.15) is 25.5 Å². The number of nitrogens with one attached hydrogen (secondary N) is 2. The predicted molar refractivity (Wildman–Crippen MR) is 82.6 cm³/mol. The predicted octanol–water partition coefficient (Wildman–Crippen LogP) is 1.89. The van der Waals surface area contributed by atoms with Crippen LogP contribution in [0.25, 0.3) is 0 Å². The highest BCUT2D eigenvalue weighted by Gasteiger charge is 2.17. The molecule has 0 aliphatic carbocycles. The molecule has 2 N–H and O–H groups in total. The largest absolute Gasteiger partial charge is 0.310 e. The van der Waals surface area contributed by atoms with Gasteiger partial charge in [-0.2, -0.15) is 5.10 Å². The van der Waals surface area contributed by atoms with Crippen LogP contribution in [0.5, 0.6) is 0 Å². The molecular formula is C14H20N4O2S. The molecule has 0 spiro atoms. The maximum Gasteiger partial charge on any atom is 0.263 e. The Kier molecular flexibility index (Phi) is 4.64. The van der Waals surface area contributed by atoms with Gasteiger partial charge in [0.15, 0.2) is 0 Å². The van der Waals surface area contributed by atoms with Crippen molar-refractivity contribution in [3.05, 3.63) is 42.1 Å². The van der Waals surface area contributed by atoms with E-state index in [1.54, 1.807) is 37.5 Å². The Morgan fingerprint density at radius 3 is 2.71 bits per heavy atom. The Morgan fingerprint density at radius 1 is 1.33 bits per heavy atom. The third-order valence-corrected chi connectivity index (χ3v) is 4.59. The number of benzene rings is 1. The van der Waals surface area contributed by atoms with E-state index in [9.17, 15) is 8.42 Å². The van der Waals surface area contributed by atoms with E-state index in [1.807, 2.05) is 19.9 Å². The van der Waals surface area contributed by atoms with Gasteiger partial charge in [0.2, 0.25) is 0 Å². The zero-order chi connectivity index (χ0) is 15.5. The molecule has 1 atom stereocenters. The van der Waals surface area contributed by atoms with E-state index in [1.165, 1.54) is 4.68 Å². The van der Waals surface area contributed by atoms with Crippen molar-refractivity contribution in [3.8, 4) is 0 Å². The van der Waals surface area contributed by atoms with Crippen LogP contribution in [0.3, 0.4) is 0 Å². The summed E-state index contributed by atoms with van der Waals surface area (Å²) in [4.78, 5) is 0.242. The quantitative estimate of drug-likeness (QED) is 0.854. The van der Waals surface area contributed by atoms with Crippen molar-refractivity contribution in [2.24, 2.45) is 7.05 Å². The van der Waals surface area contributed by atoms with E-state index < -0.39 is 10.0 Å². The number of hydrogen-bond donors (Lipinski definition) is 2. The van der Waals surface area contributed by atoms with Crippen LogP contribution >= 0.6 is 0 Å². The normalized spacial score (nSPS) is 13.1. The molecule has 0 radical (unpaired) electrons. The highest BCUT2D eigenvalue weighted by atomic mass is 32.2. The van der Waals surface area contributed by atoms with Gasteiger partial charge >= 0.3 is 0 Å². The van der Waals surface area contributed by atoms with Gasteiger partial charge in [-0.1, -0.05) is 19.1 Å². The fourth-order valence-corrected chi connectivity index (χ4v) is 3.19. The molecule has 1 heterocycles. The number of nitrogens with zero attached hydrogens (tertiary/aromatic N) is 2. The fourth-order valence-electron chi connectivity index (χ4n) is 2.05. The van der Waals surface area contributed by atoms with Crippen LogP contribution < -0.4 is 10.0 Å². The molecule has 0 aliphatic rings. The van der Waals surface area contributed by atoms with Gasteiger partial charge in [0, 0.05) is 19.2 Å². The number of aromatic nitrogens is 2. The fraction of sp³-hybridized carbons (Fsp3) is 0.357. The van der Waals surface area contributed by atoms with Crippen LogP contribution in [0.15, 0.2) is 41.4 Å². The molecule has 2 rings (SSSR count). The molecule has 114 valence electrons. The molecule has 21 heavy (non-hydrogen) atoms. The van der Waals surface area contributed by atoms with Gasteiger partial charge in [-0.3, -0.25) is 9.40 Å². The van der Waals surface area contributed by atoms with E-state index in [0.717, 1.165) is 12.1 Å². The first kappa shape index (κ1) is 15.5. The standard InChI is InChI=1S/C14H20N4O2S/c1-4-15-11(2)12-6-5-7-13(10-12)21(19,20)17-14-8-9-16-18(14)3/h5-11,15,17H,4H2,1-3H3. The molecular weight excluding hydrogens is 288 g/mol. The van der Waals surface area contributed by atoms with E-state index >= 15 is 0 Å². The van der Waals surface area contributed by atoms with Gasteiger partial charge in [0.25, 0.3) is 10.0 Å². The SMILES string of the molecule is CCNC(C)c1cccc(S(=O)(=O)Nc2ccnn2C)c1. The molecule has 0 saturated heterocycles. The third-order valence-electron chi connectivity index (χ3n) is 3.24. The summed E-state index contributed by atoms with van der Waals surface area (Å²) in [6.45, 7) is 4.84. The van der Waals surface area contributed by atoms with Crippen molar-refractivity contribution in [3.63, 3.8) is 0 Å². The molecule has 0 saturated carbocycles. The molecule has 7 heteroatoms. The average Bonchev–Trinajstić information content (AvgIpc) is 2.84. The summed E-state index contributed by atoms with van der Waals surface area (Å²) < 4.78 is 28.8. The Hall–Kier alpha value is -1.86. The van der Waals surface area contributed by atoms with Gasteiger partial charge in [0.05, 0.1) is 11.1 Å². The highest BCUT2D eigenvalue weighted by Crippen LogP contribution is 2.19. The lowest BCUT2D eigenvalue weighted by Gasteiger charge is -2.14. The second-order valence-electron chi connectivity index (χ2n) is 4.80. The van der Waals surface area contributed by atoms with Gasteiger partial charge in [0.1, 0.15) is 5.82 Å². The molecule has 1 aromatic carbocycles. The molecule has 6 nitrogen and oxygen atoms in total. The van der Waals surface area contributed by atoms with E-state index in [4.69, 9.17) is 0 Å². The summed E-state index contributed by atoms with van der Waals surface area (Å²) >= 11 is 0. The average molecular weight is 308 g/mol. The minimum atomic E-state index is -3.62. The van der Waals surface area contributed by atoms with Crippen molar-refractivity contribution >= 4 is 15.8 Å². The number of sulfonamides is 1. The lowest BCUT2D eigenvalue weighted by Crippen LogP contribution is -2.19. The molecule has 1 unspecified atom stereocenters. The van der Waals surface area contributed by atoms with E-state index in [2.05, 4.69) is 15.1 Å². The van der Waals surface area contributed by atoms with Crippen LogP contribution in [-0.2, 0) is 17.1 Å². The van der Waals surface area contributed by atoms with Crippen molar-refractivity contribution < 1.29 is 8.42 Å². The first-order chi connectivity index (χ1) is 9.94. The third kappa shape index (κ3) is 3.62.